The van der Waals surface area contributed by atoms with Gasteiger partial charge >= 0.3 is 23.1 Å². The van der Waals surface area contributed by atoms with Crippen LogP contribution >= 0.6 is 0 Å². The monoisotopic (exact) mass is 344 g/mol. The van der Waals surface area contributed by atoms with E-state index in [4.69, 9.17) is 9.47 Å². The normalized spacial score (nSPS) is 13.1. The van der Waals surface area contributed by atoms with Gasteiger partial charge in [-0.3, -0.25) is 0 Å². The van der Waals surface area contributed by atoms with Gasteiger partial charge in [0.2, 0.25) is 0 Å². The Labute approximate surface area is 162 Å². The fraction of sp³-hybridized carbons (Fsp3) is 0.944. The molecule has 22 heavy (non-hydrogen) atoms. The molecule has 0 N–H and O–H groups in total. The second-order valence-corrected chi connectivity index (χ2v) is 6.23. The summed E-state index contributed by atoms with van der Waals surface area (Å²) in [5.74, 6) is 1.63. The molecule has 0 aliphatic carbocycles. The first kappa shape index (κ1) is 27.8. The molecule has 0 saturated heterocycles. The van der Waals surface area contributed by atoms with Crippen molar-refractivity contribution in [2.75, 3.05) is 20.0 Å². The van der Waals surface area contributed by atoms with Crippen LogP contribution in [0.2, 0.25) is 0 Å². The van der Waals surface area contributed by atoms with Crippen LogP contribution in [0.5, 0.6) is 0 Å². The molecular formula is C18H37ClMgO2. The predicted octanol–water partition coefficient (Wildman–Crippen LogP) is 2.24. The van der Waals surface area contributed by atoms with Crippen LogP contribution < -0.4 is 12.4 Å². The molecule has 0 aromatic heterocycles. The molecule has 4 heteroatoms. The summed E-state index contributed by atoms with van der Waals surface area (Å²) in [5.41, 5.74) is 0. The Bertz CT molecular complexity index is 194. The first-order valence-electron chi connectivity index (χ1n) is 8.64. The van der Waals surface area contributed by atoms with Crippen molar-refractivity contribution < 1.29 is 21.9 Å². The number of hydrogen-bond donors (Lipinski definition) is 0. The summed E-state index contributed by atoms with van der Waals surface area (Å²) in [6, 6.07) is 0. The zero-order chi connectivity index (χ0) is 15.1. The molecule has 0 aliphatic heterocycles. The Balaban J connectivity index is -0.00000180. The van der Waals surface area contributed by atoms with Gasteiger partial charge in [-0.05, 0) is 25.2 Å². The Morgan fingerprint density at radius 1 is 0.909 bits per heavy atom. The van der Waals surface area contributed by atoms with Gasteiger partial charge in [0.1, 0.15) is 6.79 Å². The molecule has 2 atom stereocenters. The average molecular weight is 345 g/mol. The van der Waals surface area contributed by atoms with E-state index in [0.29, 0.717) is 6.79 Å². The van der Waals surface area contributed by atoms with Crippen molar-refractivity contribution in [1.29, 1.82) is 0 Å². The van der Waals surface area contributed by atoms with Gasteiger partial charge in [0.25, 0.3) is 0 Å². The van der Waals surface area contributed by atoms with Crippen LogP contribution in [-0.4, -0.2) is 43.1 Å². The average Bonchev–Trinajstić information content (AvgIpc) is 2.41. The van der Waals surface area contributed by atoms with Crippen LogP contribution in [0.1, 0.15) is 79.1 Å². The van der Waals surface area contributed by atoms with E-state index >= 15 is 0 Å². The molecule has 0 fully saturated rings. The molecule has 0 spiro atoms. The van der Waals surface area contributed by atoms with Crippen molar-refractivity contribution in [2.24, 2.45) is 11.8 Å². The Hall–Kier alpha value is 0.976. The molecule has 2 nitrogen and oxygen atoms in total. The van der Waals surface area contributed by atoms with Crippen LogP contribution in [-0.2, 0) is 9.47 Å². The van der Waals surface area contributed by atoms with Crippen molar-refractivity contribution in [3.8, 4) is 0 Å². The van der Waals surface area contributed by atoms with Gasteiger partial charge in [-0.25, -0.2) is 0 Å². The fourth-order valence-corrected chi connectivity index (χ4v) is 2.64. The first-order chi connectivity index (χ1) is 9.70. The molecule has 0 heterocycles. The van der Waals surface area contributed by atoms with E-state index in [2.05, 4.69) is 34.1 Å². The van der Waals surface area contributed by atoms with Crippen LogP contribution in [0.15, 0.2) is 0 Å². The van der Waals surface area contributed by atoms with Crippen molar-refractivity contribution in [3.63, 3.8) is 0 Å². The minimum atomic E-state index is 0. The molecule has 0 aliphatic rings. The van der Waals surface area contributed by atoms with Crippen molar-refractivity contribution in [3.05, 3.63) is 6.42 Å². The summed E-state index contributed by atoms with van der Waals surface area (Å²) in [4.78, 5) is 0. The molecular weight excluding hydrogens is 308 g/mol. The van der Waals surface area contributed by atoms with Crippen LogP contribution in [0.4, 0.5) is 0 Å². The molecule has 0 rings (SSSR count). The Morgan fingerprint density at radius 2 is 1.55 bits per heavy atom. The predicted molar refractivity (Wildman–Crippen MR) is 93.4 cm³/mol. The molecule has 0 amide bonds. The number of hydrogen-bond acceptors (Lipinski definition) is 2. The van der Waals surface area contributed by atoms with Crippen molar-refractivity contribution in [2.45, 2.75) is 79.1 Å². The second kappa shape index (κ2) is 22.0. The van der Waals surface area contributed by atoms with Crippen molar-refractivity contribution in [1.82, 2.24) is 0 Å². The molecule has 2 unspecified atom stereocenters. The third kappa shape index (κ3) is 21.0. The van der Waals surface area contributed by atoms with E-state index in [-0.39, 0.29) is 35.5 Å². The second-order valence-electron chi connectivity index (χ2n) is 6.23. The summed E-state index contributed by atoms with van der Waals surface area (Å²) in [6.45, 7) is 11.2. The van der Waals surface area contributed by atoms with Gasteiger partial charge in [0.15, 0.2) is 0 Å². The largest absolute Gasteiger partial charge is 2.00 e. The number of rotatable bonds is 15. The van der Waals surface area contributed by atoms with E-state index < -0.39 is 0 Å². The molecule has 0 aromatic rings. The standard InChI is InChI=1S/C18H37O2.ClH.Mg/c1-5-7-8-9-13-19-16-20-14-10-12-18(4)15-17(3)11-6-2;;/h6,17-18H,5,7-16H2,1-4H3;1H;/q-1;;+2/p-1. The summed E-state index contributed by atoms with van der Waals surface area (Å²) in [6.07, 6.45) is 12.3. The SMILES string of the molecule is C[CH-]CC(C)CC(C)CCCOCOCCCCCC.[Cl-].[Mg+2]. The van der Waals surface area contributed by atoms with Gasteiger partial charge in [-0.1, -0.05) is 52.4 Å². The first-order valence-corrected chi connectivity index (χ1v) is 8.64. The van der Waals surface area contributed by atoms with E-state index in [1.165, 1.54) is 44.9 Å². The Kier molecular flexibility index (Phi) is 27.8. The van der Waals surface area contributed by atoms with Crippen LogP contribution in [0, 0.1) is 18.3 Å². The summed E-state index contributed by atoms with van der Waals surface area (Å²) >= 11 is 0. The van der Waals surface area contributed by atoms with Crippen LogP contribution in [0.3, 0.4) is 0 Å². The van der Waals surface area contributed by atoms with Gasteiger partial charge < -0.3 is 28.3 Å². The summed E-state index contributed by atoms with van der Waals surface area (Å²) in [5, 5.41) is 0. The zero-order valence-electron chi connectivity index (χ0n) is 15.4. The third-order valence-electron chi connectivity index (χ3n) is 3.74. The minimum Gasteiger partial charge on any atom is -1.00 e. The van der Waals surface area contributed by atoms with E-state index in [9.17, 15) is 0 Å². The molecule has 0 bridgehead atoms. The molecule has 0 aromatic carbocycles. The molecule has 130 valence electrons. The van der Waals surface area contributed by atoms with E-state index in [0.717, 1.165) is 31.5 Å². The smallest absolute Gasteiger partial charge is 1.00 e. The zero-order valence-corrected chi connectivity index (χ0v) is 17.6. The van der Waals surface area contributed by atoms with Gasteiger partial charge in [-0.15, -0.1) is 0 Å². The quantitative estimate of drug-likeness (QED) is 0.196. The topological polar surface area (TPSA) is 18.5 Å². The third-order valence-corrected chi connectivity index (χ3v) is 3.74. The van der Waals surface area contributed by atoms with E-state index in [1.54, 1.807) is 0 Å². The van der Waals surface area contributed by atoms with Gasteiger partial charge in [0.05, 0.1) is 0 Å². The number of unbranched alkanes of at least 4 members (excludes halogenated alkanes) is 3. The number of halogens is 1. The maximum Gasteiger partial charge on any atom is 2.00 e. The summed E-state index contributed by atoms with van der Waals surface area (Å²) in [7, 11) is 0. The maximum atomic E-state index is 5.51. The van der Waals surface area contributed by atoms with Crippen molar-refractivity contribution >= 4 is 23.1 Å². The fourth-order valence-electron chi connectivity index (χ4n) is 2.64. The molecule has 0 radical (unpaired) electrons. The van der Waals surface area contributed by atoms with Crippen LogP contribution in [0.25, 0.3) is 0 Å². The van der Waals surface area contributed by atoms with E-state index in [1.807, 2.05) is 0 Å². The summed E-state index contributed by atoms with van der Waals surface area (Å²) < 4.78 is 11.0. The molecule has 0 saturated carbocycles. The maximum absolute atomic E-state index is 5.51. The minimum absolute atomic E-state index is 0. The van der Waals surface area contributed by atoms with Gasteiger partial charge in [0, 0.05) is 13.2 Å². The number of ether oxygens (including phenoxy) is 2. The van der Waals surface area contributed by atoms with Gasteiger partial charge in [-0.2, -0.15) is 13.3 Å². The Morgan fingerprint density at radius 3 is 2.14 bits per heavy atom.